The van der Waals surface area contributed by atoms with Crippen molar-refractivity contribution in [2.45, 2.75) is 57.7 Å². The van der Waals surface area contributed by atoms with E-state index in [1.165, 1.54) is 23.2 Å². The quantitative estimate of drug-likeness (QED) is 0.659. The molecule has 0 radical (unpaired) electrons. The molecule has 7 nitrogen and oxygen atoms in total. The Morgan fingerprint density at radius 1 is 1.22 bits per heavy atom. The minimum Gasteiger partial charge on any atom is -0.481 e. The number of aryl methyl sites for hydroxylation is 1. The lowest BCUT2D eigenvalue weighted by atomic mass is 10.1. The first-order valence-electron chi connectivity index (χ1n) is 9.38. The van der Waals surface area contributed by atoms with Crippen molar-refractivity contribution in [3.05, 3.63) is 52.8 Å². The number of aromatic nitrogens is 2. The fourth-order valence-corrected chi connectivity index (χ4v) is 3.73. The van der Waals surface area contributed by atoms with E-state index in [0.717, 1.165) is 38.3 Å². The SMILES string of the molecule is CC(=O)O.O=C(NCc1n[nH]c2c1CCC2)[C@H]1CC[C@H](c2ccccc2)N1. The summed E-state index contributed by atoms with van der Waals surface area (Å²) in [4.78, 5) is 21.4. The number of carbonyl (C=O) groups is 2. The van der Waals surface area contributed by atoms with Crippen LogP contribution in [0.1, 0.15) is 54.7 Å². The molecule has 7 heteroatoms. The van der Waals surface area contributed by atoms with Crippen LogP contribution in [0.3, 0.4) is 0 Å². The van der Waals surface area contributed by atoms with E-state index >= 15 is 0 Å². The topological polar surface area (TPSA) is 107 Å². The molecule has 0 unspecified atom stereocenters. The molecule has 2 aromatic rings. The number of carboxylic acids is 1. The van der Waals surface area contributed by atoms with Gasteiger partial charge < -0.3 is 10.4 Å². The lowest BCUT2D eigenvalue weighted by Gasteiger charge is -2.14. The van der Waals surface area contributed by atoms with Crippen LogP contribution in [0.15, 0.2) is 30.3 Å². The molecule has 1 aliphatic heterocycles. The third-order valence-corrected chi connectivity index (χ3v) is 4.99. The van der Waals surface area contributed by atoms with Gasteiger partial charge in [-0.3, -0.25) is 20.0 Å². The molecular weight excluding hydrogens is 344 g/mol. The summed E-state index contributed by atoms with van der Waals surface area (Å²) < 4.78 is 0. The first-order valence-corrected chi connectivity index (χ1v) is 9.38. The molecule has 1 aromatic carbocycles. The molecule has 1 aromatic heterocycles. The minimum absolute atomic E-state index is 0.0816. The van der Waals surface area contributed by atoms with Gasteiger partial charge in [0.05, 0.1) is 18.3 Å². The van der Waals surface area contributed by atoms with Crippen LogP contribution < -0.4 is 10.6 Å². The largest absolute Gasteiger partial charge is 0.481 e. The highest BCUT2D eigenvalue weighted by atomic mass is 16.4. The number of aromatic amines is 1. The maximum Gasteiger partial charge on any atom is 0.300 e. The average molecular weight is 370 g/mol. The van der Waals surface area contributed by atoms with Crippen molar-refractivity contribution in [3.8, 4) is 0 Å². The van der Waals surface area contributed by atoms with Crippen LogP contribution in [0.5, 0.6) is 0 Å². The van der Waals surface area contributed by atoms with Crippen molar-refractivity contribution >= 4 is 11.9 Å². The first-order chi connectivity index (χ1) is 13.0. The van der Waals surface area contributed by atoms with E-state index < -0.39 is 5.97 Å². The molecular formula is C20H26N4O3. The summed E-state index contributed by atoms with van der Waals surface area (Å²) in [6, 6.07) is 10.5. The van der Waals surface area contributed by atoms with E-state index in [1.807, 2.05) is 18.2 Å². The second kappa shape index (κ2) is 8.81. The number of amides is 1. The number of carboxylic acid groups (broad SMARTS) is 1. The Labute approximate surface area is 158 Å². The van der Waals surface area contributed by atoms with Gasteiger partial charge in [-0.05, 0) is 43.2 Å². The lowest BCUT2D eigenvalue weighted by molar-refractivity contribution is -0.134. The predicted octanol–water partition coefficient (Wildman–Crippen LogP) is 2.10. The lowest BCUT2D eigenvalue weighted by Crippen LogP contribution is -2.40. The number of H-pyrrole nitrogens is 1. The second-order valence-corrected chi connectivity index (χ2v) is 6.98. The summed E-state index contributed by atoms with van der Waals surface area (Å²) in [6.45, 7) is 1.61. The Morgan fingerprint density at radius 2 is 1.96 bits per heavy atom. The van der Waals surface area contributed by atoms with Crippen molar-refractivity contribution in [1.82, 2.24) is 20.8 Å². The molecule has 1 amide bonds. The van der Waals surface area contributed by atoms with Crippen molar-refractivity contribution < 1.29 is 14.7 Å². The van der Waals surface area contributed by atoms with Gasteiger partial charge in [0, 0.05) is 18.7 Å². The summed E-state index contributed by atoms with van der Waals surface area (Å²) in [5.74, 6) is -0.752. The third-order valence-electron chi connectivity index (χ3n) is 4.99. The highest BCUT2D eigenvalue weighted by Gasteiger charge is 2.30. The molecule has 1 fully saturated rings. The normalized spacial score (nSPS) is 20.5. The van der Waals surface area contributed by atoms with Gasteiger partial charge in [0.15, 0.2) is 0 Å². The zero-order chi connectivity index (χ0) is 19.2. The van der Waals surface area contributed by atoms with Gasteiger partial charge in [-0.2, -0.15) is 5.10 Å². The van der Waals surface area contributed by atoms with Gasteiger partial charge in [0.2, 0.25) is 5.91 Å². The Kier molecular flexibility index (Phi) is 6.24. The number of aliphatic carboxylic acids is 1. The van der Waals surface area contributed by atoms with Crippen LogP contribution in [0, 0.1) is 0 Å². The average Bonchev–Trinajstić information content (AvgIpc) is 3.37. The van der Waals surface area contributed by atoms with Gasteiger partial charge in [0.1, 0.15) is 0 Å². The maximum atomic E-state index is 12.4. The molecule has 4 N–H and O–H groups in total. The number of rotatable bonds is 4. The number of hydrogen-bond donors (Lipinski definition) is 4. The number of hydrogen-bond acceptors (Lipinski definition) is 4. The first kappa shape index (κ1) is 19.1. The van der Waals surface area contributed by atoms with Crippen LogP contribution in [0.25, 0.3) is 0 Å². The van der Waals surface area contributed by atoms with E-state index in [4.69, 9.17) is 9.90 Å². The molecule has 2 heterocycles. The molecule has 2 aliphatic rings. The fourth-order valence-electron chi connectivity index (χ4n) is 3.73. The Balaban J connectivity index is 0.000000481. The molecule has 0 spiro atoms. The van der Waals surface area contributed by atoms with E-state index in [0.29, 0.717) is 6.54 Å². The van der Waals surface area contributed by atoms with E-state index in [-0.39, 0.29) is 18.0 Å². The summed E-state index contributed by atoms with van der Waals surface area (Å²) in [5.41, 5.74) is 4.82. The zero-order valence-corrected chi connectivity index (χ0v) is 15.5. The van der Waals surface area contributed by atoms with Gasteiger partial charge in [-0.25, -0.2) is 0 Å². The zero-order valence-electron chi connectivity index (χ0n) is 15.5. The molecule has 1 saturated heterocycles. The number of fused-ring (bicyclic) bond motifs is 1. The molecule has 0 bridgehead atoms. The highest BCUT2D eigenvalue weighted by Crippen LogP contribution is 2.26. The third kappa shape index (κ3) is 4.95. The number of benzene rings is 1. The monoisotopic (exact) mass is 370 g/mol. The van der Waals surface area contributed by atoms with Gasteiger partial charge in [0.25, 0.3) is 5.97 Å². The highest BCUT2D eigenvalue weighted by molar-refractivity contribution is 5.82. The maximum absolute atomic E-state index is 12.4. The number of nitrogens with one attached hydrogen (secondary N) is 3. The van der Waals surface area contributed by atoms with E-state index in [9.17, 15) is 4.79 Å². The van der Waals surface area contributed by atoms with Crippen LogP contribution in [-0.4, -0.2) is 33.2 Å². The molecule has 27 heavy (non-hydrogen) atoms. The summed E-state index contributed by atoms with van der Waals surface area (Å²) in [5, 5.41) is 21.3. The van der Waals surface area contributed by atoms with Crippen LogP contribution >= 0.6 is 0 Å². The van der Waals surface area contributed by atoms with Crippen molar-refractivity contribution in [1.29, 1.82) is 0 Å². The minimum atomic E-state index is -0.833. The van der Waals surface area contributed by atoms with Gasteiger partial charge in [-0.15, -0.1) is 0 Å². The van der Waals surface area contributed by atoms with Crippen molar-refractivity contribution in [2.75, 3.05) is 0 Å². The molecule has 1 aliphatic carbocycles. The molecule has 2 atom stereocenters. The standard InChI is InChI=1S/C18H22N4O.C2H4O2/c23-18(19-11-17-13-7-4-8-15(13)21-22-17)16-10-9-14(20-16)12-5-2-1-3-6-12;1-2(3)4/h1-3,5-6,14,16,20H,4,7-11H2,(H,19,23)(H,21,22);1H3,(H,3,4)/t14-,16-;/m1./s1. The predicted molar refractivity (Wildman–Crippen MR) is 101 cm³/mol. The van der Waals surface area contributed by atoms with Gasteiger partial charge >= 0.3 is 0 Å². The molecule has 144 valence electrons. The van der Waals surface area contributed by atoms with Crippen molar-refractivity contribution in [2.24, 2.45) is 0 Å². The van der Waals surface area contributed by atoms with Crippen molar-refractivity contribution in [3.63, 3.8) is 0 Å². The Morgan fingerprint density at radius 3 is 2.70 bits per heavy atom. The van der Waals surface area contributed by atoms with Crippen LogP contribution in [0.2, 0.25) is 0 Å². The Hall–Kier alpha value is -2.67. The van der Waals surface area contributed by atoms with Gasteiger partial charge in [-0.1, -0.05) is 30.3 Å². The second-order valence-electron chi connectivity index (χ2n) is 6.98. The van der Waals surface area contributed by atoms with Crippen LogP contribution in [-0.2, 0) is 29.0 Å². The van der Waals surface area contributed by atoms with Crippen LogP contribution in [0.4, 0.5) is 0 Å². The Bertz CT molecular complexity index is 784. The fraction of sp³-hybridized carbons (Fsp3) is 0.450. The number of carbonyl (C=O) groups excluding carboxylic acids is 1. The molecule has 4 rings (SSSR count). The number of nitrogens with zero attached hydrogens (tertiary/aromatic N) is 1. The summed E-state index contributed by atoms with van der Waals surface area (Å²) >= 11 is 0. The summed E-state index contributed by atoms with van der Waals surface area (Å²) in [7, 11) is 0. The summed E-state index contributed by atoms with van der Waals surface area (Å²) in [6.07, 6.45) is 5.23. The van der Waals surface area contributed by atoms with E-state index in [2.05, 4.69) is 33.0 Å². The molecule has 0 saturated carbocycles. The van der Waals surface area contributed by atoms with E-state index in [1.54, 1.807) is 0 Å². The smallest absolute Gasteiger partial charge is 0.300 e.